The van der Waals surface area contributed by atoms with Gasteiger partial charge < -0.3 is 15.0 Å². The first-order valence-electron chi connectivity index (χ1n) is 6.86. The summed E-state index contributed by atoms with van der Waals surface area (Å²) in [5.41, 5.74) is 0.712. The van der Waals surface area contributed by atoms with E-state index in [-0.39, 0.29) is 5.91 Å². The number of amides is 1. The minimum absolute atomic E-state index is 0.174. The normalized spacial score (nSPS) is 22.1. The zero-order valence-corrected chi connectivity index (χ0v) is 12.1. The molecule has 2 aliphatic heterocycles. The number of fused-ring (bicyclic) bond motifs is 1. The molecule has 3 heterocycles. The maximum atomic E-state index is 12.8. The number of piperidine rings is 1. The molecule has 1 aromatic heterocycles. The van der Waals surface area contributed by atoms with E-state index in [1.165, 1.54) is 10.4 Å². The number of thiophene rings is 1. The SMILES string of the molecule is COC1(C(=O)N2CCc3sccc3C2)CCNCC1. The van der Waals surface area contributed by atoms with Gasteiger partial charge in [0, 0.05) is 25.1 Å². The lowest BCUT2D eigenvalue weighted by molar-refractivity contribution is -0.159. The molecule has 1 aromatic rings. The number of nitrogens with one attached hydrogen (secondary N) is 1. The van der Waals surface area contributed by atoms with Crippen LogP contribution < -0.4 is 5.32 Å². The molecular weight excluding hydrogens is 260 g/mol. The Bertz CT molecular complexity index is 466. The number of nitrogens with zero attached hydrogens (tertiary/aromatic N) is 1. The number of ether oxygens (including phenoxy) is 1. The fourth-order valence-electron chi connectivity index (χ4n) is 3.05. The van der Waals surface area contributed by atoms with Gasteiger partial charge in [-0.05, 0) is 49.4 Å². The molecule has 104 valence electrons. The molecule has 0 atom stereocenters. The summed E-state index contributed by atoms with van der Waals surface area (Å²) in [6, 6.07) is 2.14. The molecule has 1 saturated heterocycles. The van der Waals surface area contributed by atoms with Crippen LogP contribution in [0.2, 0.25) is 0 Å². The van der Waals surface area contributed by atoms with Crippen molar-refractivity contribution in [3.05, 3.63) is 21.9 Å². The van der Waals surface area contributed by atoms with Crippen LogP contribution in [0.1, 0.15) is 23.3 Å². The van der Waals surface area contributed by atoms with Gasteiger partial charge >= 0.3 is 0 Å². The molecule has 5 heteroatoms. The Morgan fingerprint density at radius 3 is 3.00 bits per heavy atom. The molecule has 3 rings (SSSR count). The van der Waals surface area contributed by atoms with Crippen LogP contribution in [0.15, 0.2) is 11.4 Å². The van der Waals surface area contributed by atoms with Gasteiger partial charge in [-0.15, -0.1) is 11.3 Å². The first kappa shape index (κ1) is 13.1. The van der Waals surface area contributed by atoms with Crippen molar-refractivity contribution in [3.8, 4) is 0 Å². The average Bonchev–Trinajstić information content (AvgIpc) is 2.94. The van der Waals surface area contributed by atoms with Crippen LogP contribution >= 0.6 is 11.3 Å². The van der Waals surface area contributed by atoms with E-state index < -0.39 is 5.60 Å². The highest BCUT2D eigenvalue weighted by Crippen LogP contribution is 2.30. The van der Waals surface area contributed by atoms with Crippen LogP contribution in [0.25, 0.3) is 0 Å². The second-order valence-corrected chi connectivity index (χ2v) is 6.29. The lowest BCUT2D eigenvalue weighted by Gasteiger charge is -2.40. The van der Waals surface area contributed by atoms with Gasteiger partial charge in [-0.25, -0.2) is 0 Å². The maximum Gasteiger partial charge on any atom is 0.255 e. The highest BCUT2D eigenvalue weighted by Gasteiger charge is 2.43. The predicted octanol–water partition coefficient (Wildman–Crippen LogP) is 1.40. The molecular formula is C14H20N2O2S. The fraction of sp³-hybridized carbons (Fsp3) is 0.643. The Kier molecular flexibility index (Phi) is 3.60. The van der Waals surface area contributed by atoms with Gasteiger partial charge in [-0.3, -0.25) is 4.79 Å². The maximum absolute atomic E-state index is 12.8. The van der Waals surface area contributed by atoms with Crippen molar-refractivity contribution >= 4 is 17.2 Å². The van der Waals surface area contributed by atoms with Gasteiger partial charge in [0.1, 0.15) is 5.60 Å². The van der Waals surface area contributed by atoms with E-state index in [4.69, 9.17) is 4.74 Å². The van der Waals surface area contributed by atoms with Gasteiger partial charge in [0.15, 0.2) is 0 Å². The van der Waals surface area contributed by atoms with Gasteiger partial charge in [0.2, 0.25) is 0 Å². The highest BCUT2D eigenvalue weighted by molar-refractivity contribution is 7.10. The van der Waals surface area contributed by atoms with Crippen LogP contribution in [0.4, 0.5) is 0 Å². The molecule has 0 bridgehead atoms. The van der Waals surface area contributed by atoms with E-state index in [0.717, 1.165) is 45.4 Å². The van der Waals surface area contributed by atoms with Crippen molar-refractivity contribution < 1.29 is 9.53 Å². The summed E-state index contributed by atoms with van der Waals surface area (Å²) in [6.07, 6.45) is 2.53. The molecule has 2 aliphatic rings. The molecule has 0 saturated carbocycles. The number of rotatable bonds is 2. The summed E-state index contributed by atoms with van der Waals surface area (Å²) in [4.78, 5) is 16.2. The van der Waals surface area contributed by atoms with E-state index in [2.05, 4.69) is 16.8 Å². The second-order valence-electron chi connectivity index (χ2n) is 5.29. The van der Waals surface area contributed by atoms with E-state index >= 15 is 0 Å². The molecule has 0 aliphatic carbocycles. The summed E-state index contributed by atoms with van der Waals surface area (Å²) in [6.45, 7) is 3.29. The molecule has 0 radical (unpaired) electrons. The largest absolute Gasteiger partial charge is 0.368 e. The molecule has 1 amide bonds. The third-order valence-electron chi connectivity index (χ3n) is 4.29. The molecule has 4 nitrogen and oxygen atoms in total. The van der Waals surface area contributed by atoms with Gasteiger partial charge in [-0.1, -0.05) is 0 Å². The predicted molar refractivity (Wildman–Crippen MR) is 75.3 cm³/mol. The van der Waals surface area contributed by atoms with Crippen molar-refractivity contribution in [1.29, 1.82) is 0 Å². The molecule has 0 spiro atoms. The van der Waals surface area contributed by atoms with Gasteiger partial charge in [0.25, 0.3) is 5.91 Å². The minimum Gasteiger partial charge on any atom is -0.368 e. The van der Waals surface area contributed by atoms with Crippen molar-refractivity contribution in [2.45, 2.75) is 31.4 Å². The Balaban J connectivity index is 1.77. The van der Waals surface area contributed by atoms with Crippen molar-refractivity contribution in [3.63, 3.8) is 0 Å². The number of carbonyl (C=O) groups excluding carboxylic acids is 1. The summed E-state index contributed by atoms with van der Waals surface area (Å²) in [7, 11) is 1.67. The first-order valence-corrected chi connectivity index (χ1v) is 7.74. The standard InChI is InChI=1S/C14H20N2O2S/c1-18-14(4-6-15-7-5-14)13(17)16-8-2-12-11(10-16)3-9-19-12/h3,9,15H,2,4-8,10H2,1H3. The smallest absolute Gasteiger partial charge is 0.255 e. The number of hydrogen-bond acceptors (Lipinski definition) is 4. The molecule has 1 fully saturated rings. The molecule has 1 N–H and O–H groups in total. The summed E-state index contributed by atoms with van der Waals surface area (Å²) < 4.78 is 5.63. The van der Waals surface area contributed by atoms with E-state index in [1.807, 2.05) is 4.90 Å². The van der Waals surface area contributed by atoms with Gasteiger partial charge in [0.05, 0.1) is 0 Å². The van der Waals surface area contributed by atoms with Crippen LogP contribution in [0, 0.1) is 0 Å². The van der Waals surface area contributed by atoms with Crippen molar-refractivity contribution in [2.24, 2.45) is 0 Å². The first-order chi connectivity index (χ1) is 9.25. The quantitative estimate of drug-likeness (QED) is 0.890. The monoisotopic (exact) mass is 280 g/mol. The fourth-order valence-corrected chi connectivity index (χ4v) is 3.94. The number of carbonyl (C=O) groups is 1. The van der Waals surface area contributed by atoms with E-state index in [0.29, 0.717) is 0 Å². The highest BCUT2D eigenvalue weighted by atomic mass is 32.1. The van der Waals surface area contributed by atoms with Crippen molar-refractivity contribution in [1.82, 2.24) is 10.2 Å². The second kappa shape index (κ2) is 5.23. The third kappa shape index (κ3) is 2.30. The molecule has 0 unspecified atom stereocenters. The summed E-state index contributed by atoms with van der Waals surface area (Å²) in [5.74, 6) is 0.174. The lowest BCUT2D eigenvalue weighted by Crippen LogP contribution is -2.56. The Morgan fingerprint density at radius 2 is 2.26 bits per heavy atom. The topological polar surface area (TPSA) is 41.6 Å². The van der Waals surface area contributed by atoms with Crippen LogP contribution in [0.5, 0.6) is 0 Å². The zero-order valence-electron chi connectivity index (χ0n) is 11.3. The molecule has 0 aromatic carbocycles. The number of methoxy groups -OCH3 is 1. The van der Waals surface area contributed by atoms with Crippen LogP contribution in [0.3, 0.4) is 0 Å². The minimum atomic E-state index is -0.598. The van der Waals surface area contributed by atoms with Crippen molar-refractivity contribution in [2.75, 3.05) is 26.7 Å². The van der Waals surface area contributed by atoms with Crippen LogP contribution in [-0.4, -0.2) is 43.2 Å². The lowest BCUT2D eigenvalue weighted by atomic mass is 9.89. The Morgan fingerprint density at radius 1 is 1.47 bits per heavy atom. The van der Waals surface area contributed by atoms with E-state index in [1.54, 1.807) is 18.4 Å². The summed E-state index contributed by atoms with van der Waals surface area (Å²) >= 11 is 1.80. The summed E-state index contributed by atoms with van der Waals surface area (Å²) in [5, 5.41) is 5.41. The van der Waals surface area contributed by atoms with Crippen LogP contribution in [-0.2, 0) is 22.5 Å². The molecule has 19 heavy (non-hydrogen) atoms. The Labute approximate surface area is 117 Å². The zero-order chi connectivity index (χ0) is 13.3. The van der Waals surface area contributed by atoms with E-state index in [9.17, 15) is 4.79 Å². The number of hydrogen-bond donors (Lipinski definition) is 1. The Hall–Kier alpha value is -0.910. The third-order valence-corrected chi connectivity index (χ3v) is 5.31. The van der Waals surface area contributed by atoms with Gasteiger partial charge in [-0.2, -0.15) is 0 Å². The average molecular weight is 280 g/mol.